The Morgan fingerprint density at radius 1 is 1.25 bits per heavy atom. The summed E-state index contributed by atoms with van der Waals surface area (Å²) in [5, 5.41) is 2.98. The van der Waals surface area contributed by atoms with Gasteiger partial charge in [-0.3, -0.25) is 4.79 Å². The number of hydrogen-bond acceptors (Lipinski definition) is 5. The molecular weight excluding hydrogens is 373 g/mol. The fourth-order valence-corrected chi connectivity index (χ4v) is 3.07. The zero-order valence-corrected chi connectivity index (χ0v) is 15.4. The number of amides is 1. The molecule has 0 spiro atoms. The van der Waals surface area contributed by atoms with E-state index in [2.05, 4.69) is 15.3 Å². The van der Waals surface area contributed by atoms with Crippen LogP contribution in [0.5, 0.6) is 5.88 Å². The summed E-state index contributed by atoms with van der Waals surface area (Å²) in [4.78, 5) is 22.5. The van der Waals surface area contributed by atoms with Gasteiger partial charge in [-0.2, -0.15) is 13.2 Å². The van der Waals surface area contributed by atoms with Gasteiger partial charge in [-0.05, 0) is 44.0 Å². The maximum Gasteiger partial charge on any atom is 0.417 e. The number of pyridine rings is 2. The first-order chi connectivity index (χ1) is 13.4. The van der Waals surface area contributed by atoms with Crippen molar-refractivity contribution in [2.75, 3.05) is 24.6 Å². The Balaban J connectivity index is 1.56. The van der Waals surface area contributed by atoms with Crippen molar-refractivity contribution in [2.24, 2.45) is 0 Å². The van der Waals surface area contributed by atoms with Gasteiger partial charge in [0, 0.05) is 31.5 Å². The number of ether oxygens (including phenoxy) is 1. The van der Waals surface area contributed by atoms with Crippen LogP contribution in [0.1, 0.15) is 35.7 Å². The van der Waals surface area contributed by atoms with Crippen LogP contribution in [0.4, 0.5) is 19.0 Å². The lowest BCUT2D eigenvalue weighted by Crippen LogP contribution is -2.45. The Kier molecular flexibility index (Phi) is 6.01. The van der Waals surface area contributed by atoms with E-state index in [4.69, 9.17) is 4.74 Å². The quantitative estimate of drug-likeness (QED) is 0.843. The van der Waals surface area contributed by atoms with E-state index >= 15 is 0 Å². The monoisotopic (exact) mass is 394 g/mol. The van der Waals surface area contributed by atoms with Gasteiger partial charge in [0.05, 0.1) is 12.2 Å². The van der Waals surface area contributed by atoms with Crippen LogP contribution in [-0.2, 0) is 6.18 Å². The average molecular weight is 394 g/mol. The largest absolute Gasteiger partial charge is 0.477 e. The molecule has 3 heterocycles. The Bertz CT molecular complexity index is 804. The Morgan fingerprint density at radius 3 is 2.61 bits per heavy atom. The number of nitrogens with one attached hydrogen (secondary N) is 1. The van der Waals surface area contributed by atoms with E-state index in [1.165, 1.54) is 6.07 Å². The average Bonchev–Trinajstić information content (AvgIpc) is 2.69. The van der Waals surface area contributed by atoms with Gasteiger partial charge in [0.1, 0.15) is 11.4 Å². The Labute approximate surface area is 160 Å². The summed E-state index contributed by atoms with van der Waals surface area (Å²) in [7, 11) is 0. The summed E-state index contributed by atoms with van der Waals surface area (Å²) < 4.78 is 43.3. The van der Waals surface area contributed by atoms with Crippen LogP contribution in [0.2, 0.25) is 0 Å². The van der Waals surface area contributed by atoms with Crippen molar-refractivity contribution in [3.8, 4) is 5.88 Å². The fraction of sp³-hybridized carbons (Fsp3) is 0.421. The number of nitrogens with zero attached hydrogens (tertiary/aromatic N) is 3. The number of piperidine rings is 1. The highest BCUT2D eigenvalue weighted by Crippen LogP contribution is 2.29. The highest BCUT2D eigenvalue weighted by atomic mass is 19.4. The maximum absolute atomic E-state index is 12.6. The van der Waals surface area contributed by atoms with E-state index < -0.39 is 11.7 Å². The summed E-state index contributed by atoms with van der Waals surface area (Å²) in [6.07, 6.45) is -0.648. The number of anilines is 1. The topological polar surface area (TPSA) is 67.3 Å². The highest BCUT2D eigenvalue weighted by molar-refractivity contribution is 5.96. The van der Waals surface area contributed by atoms with Gasteiger partial charge >= 0.3 is 6.18 Å². The van der Waals surface area contributed by atoms with Crippen LogP contribution in [0.3, 0.4) is 0 Å². The van der Waals surface area contributed by atoms with Crippen LogP contribution in [-0.4, -0.2) is 41.6 Å². The lowest BCUT2D eigenvalue weighted by molar-refractivity contribution is -0.137. The number of aromatic nitrogens is 2. The van der Waals surface area contributed by atoms with E-state index in [0.717, 1.165) is 12.3 Å². The van der Waals surface area contributed by atoms with Crippen LogP contribution >= 0.6 is 0 Å². The second kappa shape index (κ2) is 8.45. The van der Waals surface area contributed by atoms with Gasteiger partial charge in [0.15, 0.2) is 0 Å². The fourth-order valence-electron chi connectivity index (χ4n) is 3.07. The third kappa shape index (κ3) is 4.71. The van der Waals surface area contributed by atoms with Crippen LogP contribution in [0, 0.1) is 0 Å². The first kappa shape index (κ1) is 19.9. The van der Waals surface area contributed by atoms with Crippen molar-refractivity contribution in [1.82, 2.24) is 15.3 Å². The van der Waals surface area contributed by atoms with Crippen LogP contribution in [0.25, 0.3) is 0 Å². The number of rotatable bonds is 5. The molecule has 2 aromatic rings. The minimum Gasteiger partial charge on any atom is -0.477 e. The van der Waals surface area contributed by atoms with Crippen LogP contribution in [0.15, 0.2) is 36.7 Å². The molecule has 1 saturated heterocycles. The lowest BCUT2D eigenvalue weighted by Gasteiger charge is -2.33. The van der Waals surface area contributed by atoms with Crippen molar-refractivity contribution in [1.29, 1.82) is 0 Å². The highest BCUT2D eigenvalue weighted by Gasteiger charge is 2.31. The van der Waals surface area contributed by atoms with Crippen LogP contribution < -0.4 is 15.0 Å². The molecule has 0 aromatic carbocycles. The summed E-state index contributed by atoms with van der Waals surface area (Å²) in [5.74, 6) is 0.556. The van der Waals surface area contributed by atoms with Crippen molar-refractivity contribution in [3.63, 3.8) is 0 Å². The lowest BCUT2D eigenvalue weighted by atomic mass is 10.0. The van der Waals surface area contributed by atoms with Crippen molar-refractivity contribution in [3.05, 3.63) is 47.8 Å². The summed E-state index contributed by atoms with van der Waals surface area (Å²) >= 11 is 0. The van der Waals surface area contributed by atoms with Gasteiger partial charge in [0.25, 0.3) is 5.91 Å². The number of carbonyl (C=O) groups excluding carboxylic acids is 1. The molecule has 0 unspecified atom stereocenters. The molecule has 0 radical (unpaired) electrons. The molecular formula is C19H21F3N4O2. The molecule has 1 amide bonds. The summed E-state index contributed by atoms with van der Waals surface area (Å²) in [6, 6.07) is 5.72. The second-order valence-corrected chi connectivity index (χ2v) is 6.43. The maximum atomic E-state index is 12.6. The van der Waals surface area contributed by atoms with Gasteiger partial charge in [-0.1, -0.05) is 0 Å². The molecule has 1 N–H and O–H groups in total. The molecule has 150 valence electrons. The second-order valence-electron chi connectivity index (χ2n) is 6.43. The minimum atomic E-state index is -4.39. The van der Waals surface area contributed by atoms with Crippen molar-refractivity contribution >= 4 is 11.7 Å². The van der Waals surface area contributed by atoms with E-state index in [9.17, 15) is 18.0 Å². The van der Waals surface area contributed by atoms with Gasteiger partial charge < -0.3 is 15.0 Å². The van der Waals surface area contributed by atoms with Crippen molar-refractivity contribution in [2.45, 2.75) is 32.0 Å². The molecule has 3 rings (SSSR count). The smallest absolute Gasteiger partial charge is 0.417 e. The molecule has 2 aromatic heterocycles. The van der Waals surface area contributed by atoms with Gasteiger partial charge in [0.2, 0.25) is 5.88 Å². The summed E-state index contributed by atoms with van der Waals surface area (Å²) in [5.41, 5.74) is -0.379. The van der Waals surface area contributed by atoms with E-state index in [-0.39, 0.29) is 11.9 Å². The zero-order valence-electron chi connectivity index (χ0n) is 15.4. The van der Waals surface area contributed by atoms with Gasteiger partial charge in [-0.15, -0.1) is 0 Å². The molecule has 0 atom stereocenters. The standard InChI is InChI=1S/C19H21F3N4O2/c1-2-28-18-15(4-3-9-23-18)17(27)25-14-7-10-26(11-8-14)16-6-5-13(12-24-16)19(20,21)22/h3-6,9,12,14H,2,7-8,10-11H2,1H3,(H,25,27). The Morgan fingerprint density at radius 2 is 2.00 bits per heavy atom. The third-order valence-electron chi connectivity index (χ3n) is 4.53. The number of alkyl halides is 3. The summed E-state index contributed by atoms with van der Waals surface area (Å²) in [6.45, 7) is 3.42. The molecule has 28 heavy (non-hydrogen) atoms. The number of halogens is 3. The number of hydrogen-bond donors (Lipinski definition) is 1. The predicted octanol–water partition coefficient (Wildman–Crippen LogP) is 3.29. The molecule has 6 nitrogen and oxygen atoms in total. The molecule has 0 bridgehead atoms. The van der Waals surface area contributed by atoms with E-state index in [0.29, 0.717) is 49.8 Å². The Hall–Kier alpha value is -2.84. The SMILES string of the molecule is CCOc1ncccc1C(=O)NC1CCN(c2ccc(C(F)(F)F)cn2)CC1. The molecule has 1 aliphatic heterocycles. The molecule has 9 heteroatoms. The number of carbonyl (C=O) groups is 1. The van der Waals surface area contributed by atoms with Crippen molar-refractivity contribution < 1.29 is 22.7 Å². The molecule has 0 aliphatic carbocycles. The van der Waals surface area contributed by atoms with E-state index in [1.807, 2.05) is 11.8 Å². The normalized spacial score (nSPS) is 15.4. The minimum absolute atomic E-state index is 0.0344. The zero-order chi connectivity index (χ0) is 20.1. The van der Waals surface area contributed by atoms with E-state index in [1.54, 1.807) is 18.3 Å². The first-order valence-electron chi connectivity index (χ1n) is 9.05. The molecule has 0 saturated carbocycles. The third-order valence-corrected chi connectivity index (χ3v) is 4.53. The predicted molar refractivity (Wildman–Crippen MR) is 97.3 cm³/mol. The molecule has 1 fully saturated rings. The van der Waals surface area contributed by atoms with Gasteiger partial charge in [-0.25, -0.2) is 9.97 Å². The molecule has 1 aliphatic rings. The first-order valence-corrected chi connectivity index (χ1v) is 9.05.